The predicted molar refractivity (Wildman–Crippen MR) is 132 cm³/mol. The second-order valence-electron chi connectivity index (χ2n) is 8.99. The van der Waals surface area contributed by atoms with Gasteiger partial charge in [0.05, 0.1) is 12.5 Å². The standard InChI is InChI=1S/C27H28BrNO5/c1-2-3-11-23(30)27(22(17-29(32)33)18-8-5-4-6-9-18)24(19-12-14-20(28)15-13-19)21-10-7-16-34-25(21)26(27)31/h4-6,8-9,12-15,22,24H,2-3,7,10-11,16-17H2,1H3/t22-,24+,27+/m1/s1. The molecule has 7 heteroatoms. The summed E-state index contributed by atoms with van der Waals surface area (Å²) in [4.78, 5) is 40.0. The van der Waals surface area contributed by atoms with Gasteiger partial charge in [0.1, 0.15) is 11.2 Å². The number of carbonyl (C=O) groups is 2. The molecule has 2 aliphatic rings. The van der Waals surface area contributed by atoms with Crippen LogP contribution in [0.1, 0.15) is 62.0 Å². The minimum atomic E-state index is -1.62. The van der Waals surface area contributed by atoms with E-state index in [0.29, 0.717) is 25.0 Å². The van der Waals surface area contributed by atoms with E-state index in [-0.39, 0.29) is 18.0 Å². The number of allylic oxidation sites excluding steroid dienone is 2. The Bertz CT molecular complexity index is 1110. The molecule has 0 bridgehead atoms. The van der Waals surface area contributed by atoms with Crippen molar-refractivity contribution in [1.82, 2.24) is 0 Å². The molecule has 0 aromatic heterocycles. The number of hydrogen-bond acceptors (Lipinski definition) is 5. The van der Waals surface area contributed by atoms with Crippen LogP contribution in [0.5, 0.6) is 0 Å². The van der Waals surface area contributed by atoms with E-state index in [4.69, 9.17) is 4.74 Å². The highest BCUT2D eigenvalue weighted by Crippen LogP contribution is 2.60. The summed E-state index contributed by atoms with van der Waals surface area (Å²) in [7, 11) is 0. The van der Waals surface area contributed by atoms with Crippen molar-refractivity contribution >= 4 is 27.5 Å². The number of nitro groups is 1. The second-order valence-corrected chi connectivity index (χ2v) is 9.91. The van der Waals surface area contributed by atoms with Gasteiger partial charge < -0.3 is 4.74 Å². The molecule has 0 saturated heterocycles. The van der Waals surface area contributed by atoms with Crippen LogP contribution < -0.4 is 0 Å². The normalized spacial score (nSPS) is 22.8. The number of carbonyl (C=O) groups excluding carboxylic acids is 2. The highest BCUT2D eigenvalue weighted by atomic mass is 79.9. The van der Waals surface area contributed by atoms with Crippen molar-refractivity contribution in [1.29, 1.82) is 0 Å². The Balaban J connectivity index is 2.01. The molecule has 34 heavy (non-hydrogen) atoms. The van der Waals surface area contributed by atoms with E-state index in [1.807, 2.05) is 37.3 Å². The summed E-state index contributed by atoms with van der Waals surface area (Å²) in [6, 6.07) is 16.6. The van der Waals surface area contributed by atoms with E-state index in [2.05, 4.69) is 15.9 Å². The van der Waals surface area contributed by atoms with Gasteiger partial charge in [0.25, 0.3) is 0 Å². The Hall–Kier alpha value is -2.80. The molecular weight excluding hydrogens is 498 g/mol. The molecule has 0 unspecified atom stereocenters. The quantitative estimate of drug-likeness (QED) is 0.228. The summed E-state index contributed by atoms with van der Waals surface area (Å²) < 4.78 is 6.77. The van der Waals surface area contributed by atoms with E-state index < -0.39 is 34.5 Å². The largest absolute Gasteiger partial charge is 0.490 e. The number of unbranched alkanes of at least 4 members (excludes halogenated alkanes) is 1. The van der Waals surface area contributed by atoms with Crippen LogP contribution in [0.4, 0.5) is 0 Å². The van der Waals surface area contributed by atoms with Crippen LogP contribution in [0.15, 0.2) is 70.4 Å². The first-order valence-corrected chi connectivity index (χ1v) is 12.6. The molecule has 1 aliphatic heterocycles. The average molecular weight is 526 g/mol. The minimum absolute atomic E-state index is 0.191. The summed E-state index contributed by atoms with van der Waals surface area (Å²) in [6.45, 7) is 1.88. The number of ketones is 2. The summed E-state index contributed by atoms with van der Waals surface area (Å²) in [5.74, 6) is -1.90. The molecule has 0 spiro atoms. The molecule has 0 amide bonds. The van der Waals surface area contributed by atoms with Crippen molar-refractivity contribution in [2.45, 2.75) is 50.9 Å². The SMILES string of the molecule is CCCCC(=O)[C@]1([C@H](C[N+](=O)[O-])c2ccccc2)C(=O)C2=C(CCCO2)[C@@H]1c1ccc(Br)cc1. The number of halogens is 1. The third-order valence-corrected chi connectivity index (χ3v) is 7.55. The summed E-state index contributed by atoms with van der Waals surface area (Å²) in [5.41, 5.74) is 0.611. The van der Waals surface area contributed by atoms with Crippen LogP contribution >= 0.6 is 15.9 Å². The van der Waals surface area contributed by atoms with E-state index in [1.54, 1.807) is 24.3 Å². The van der Waals surface area contributed by atoms with E-state index in [1.165, 1.54) is 0 Å². The highest BCUT2D eigenvalue weighted by molar-refractivity contribution is 9.10. The summed E-state index contributed by atoms with van der Waals surface area (Å²) in [6.07, 6.45) is 2.96. The van der Waals surface area contributed by atoms with Gasteiger partial charge in [-0.25, -0.2) is 0 Å². The fraction of sp³-hybridized carbons (Fsp3) is 0.407. The average Bonchev–Trinajstić information content (AvgIpc) is 3.11. The smallest absolute Gasteiger partial charge is 0.212 e. The minimum Gasteiger partial charge on any atom is -0.490 e. The van der Waals surface area contributed by atoms with E-state index in [0.717, 1.165) is 28.5 Å². The number of rotatable bonds is 9. The molecule has 4 rings (SSSR count). The molecule has 0 fully saturated rings. The molecule has 2 aromatic carbocycles. The zero-order valence-electron chi connectivity index (χ0n) is 19.2. The number of benzene rings is 2. The molecule has 6 nitrogen and oxygen atoms in total. The second kappa shape index (κ2) is 10.2. The predicted octanol–water partition coefficient (Wildman–Crippen LogP) is 5.99. The first-order valence-electron chi connectivity index (χ1n) is 11.8. The number of ether oxygens (including phenoxy) is 1. The zero-order valence-corrected chi connectivity index (χ0v) is 20.8. The van der Waals surface area contributed by atoms with Gasteiger partial charge in [-0.3, -0.25) is 19.7 Å². The molecule has 0 N–H and O–H groups in total. The van der Waals surface area contributed by atoms with Crippen molar-refractivity contribution < 1.29 is 19.2 Å². The van der Waals surface area contributed by atoms with Crippen molar-refractivity contribution in [2.24, 2.45) is 5.41 Å². The van der Waals surface area contributed by atoms with Gasteiger partial charge in [-0.1, -0.05) is 71.7 Å². The number of nitrogens with zero attached hydrogens (tertiary/aromatic N) is 1. The molecule has 178 valence electrons. The highest BCUT2D eigenvalue weighted by Gasteiger charge is 2.65. The lowest BCUT2D eigenvalue weighted by Gasteiger charge is -2.39. The lowest BCUT2D eigenvalue weighted by molar-refractivity contribution is -0.485. The Morgan fingerprint density at radius 1 is 1.21 bits per heavy atom. The monoisotopic (exact) mass is 525 g/mol. The number of Topliss-reactive ketones (excluding diaryl/α,β-unsaturated/α-hetero) is 2. The van der Waals surface area contributed by atoms with Gasteiger partial charge in [-0.2, -0.15) is 0 Å². The van der Waals surface area contributed by atoms with Crippen LogP contribution in [0.25, 0.3) is 0 Å². The topological polar surface area (TPSA) is 86.5 Å². The summed E-state index contributed by atoms with van der Waals surface area (Å²) >= 11 is 3.46. The molecule has 1 heterocycles. The van der Waals surface area contributed by atoms with Crippen molar-refractivity contribution in [3.8, 4) is 0 Å². The van der Waals surface area contributed by atoms with Crippen LogP contribution in [-0.4, -0.2) is 29.6 Å². The van der Waals surface area contributed by atoms with Crippen LogP contribution in [0.2, 0.25) is 0 Å². The molecule has 0 radical (unpaired) electrons. The molecule has 0 saturated carbocycles. The molecule has 1 aliphatic carbocycles. The lowest BCUT2D eigenvalue weighted by Crippen LogP contribution is -2.49. The Morgan fingerprint density at radius 3 is 2.56 bits per heavy atom. The van der Waals surface area contributed by atoms with Gasteiger partial charge in [0, 0.05) is 21.7 Å². The third-order valence-electron chi connectivity index (χ3n) is 7.02. The van der Waals surface area contributed by atoms with Gasteiger partial charge in [0.15, 0.2) is 5.76 Å². The van der Waals surface area contributed by atoms with Crippen molar-refractivity contribution in [3.05, 3.63) is 91.6 Å². The Labute approximate surface area is 207 Å². The fourth-order valence-electron chi connectivity index (χ4n) is 5.58. The van der Waals surface area contributed by atoms with Gasteiger partial charge >= 0.3 is 0 Å². The maximum Gasteiger partial charge on any atom is 0.212 e. The first-order chi connectivity index (χ1) is 16.4. The molecule has 3 atom stereocenters. The third kappa shape index (κ3) is 4.22. The maximum absolute atomic E-state index is 14.3. The summed E-state index contributed by atoms with van der Waals surface area (Å²) in [5, 5.41) is 12.0. The molecular formula is C27H28BrNO5. The van der Waals surface area contributed by atoms with Crippen LogP contribution in [-0.2, 0) is 14.3 Å². The van der Waals surface area contributed by atoms with E-state index in [9.17, 15) is 19.7 Å². The zero-order chi connectivity index (χ0) is 24.3. The lowest BCUT2D eigenvalue weighted by atomic mass is 9.58. The fourth-order valence-corrected chi connectivity index (χ4v) is 5.84. The maximum atomic E-state index is 14.3. The Kier molecular flexibility index (Phi) is 7.31. The van der Waals surface area contributed by atoms with Crippen LogP contribution in [0.3, 0.4) is 0 Å². The van der Waals surface area contributed by atoms with E-state index >= 15 is 0 Å². The Morgan fingerprint density at radius 2 is 1.91 bits per heavy atom. The van der Waals surface area contributed by atoms with Gasteiger partial charge in [-0.15, -0.1) is 0 Å². The molecule has 2 aromatic rings. The first kappa shape index (κ1) is 24.3. The van der Waals surface area contributed by atoms with Gasteiger partial charge in [0.2, 0.25) is 12.3 Å². The van der Waals surface area contributed by atoms with Gasteiger partial charge in [-0.05, 0) is 48.1 Å². The number of hydrogen-bond donors (Lipinski definition) is 0. The van der Waals surface area contributed by atoms with Crippen LogP contribution in [0, 0.1) is 15.5 Å². The van der Waals surface area contributed by atoms with Crippen molar-refractivity contribution in [2.75, 3.05) is 13.2 Å². The van der Waals surface area contributed by atoms with Crippen molar-refractivity contribution in [3.63, 3.8) is 0 Å².